The smallest absolute Gasteiger partial charge is 0.225 e. The van der Waals surface area contributed by atoms with Gasteiger partial charge < -0.3 is 16.2 Å². The highest BCUT2D eigenvalue weighted by molar-refractivity contribution is 6.32. The van der Waals surface area contributed by atoms with Crippen LogP contribution in [0.1, 0.15) is 11.1 Å². The molecule has 0 saturated heterocycles. The van der Waals surface area contributed by atoms with E-state index in [0.717, 1.165) is 27.5 Å². The lowest BCUT2D eigenvalue weighted by Gasteiger charge is -2.10. The van der Waals surface area contributed by atoms with Crippen LogP contribution in [-0.4, -0.2) is 15.0 Å². The van der Waals surface area contributed by atoms with Gasteiger partial charge in [-0.25, -0.2) is 0 Å². The number of nitrogens with two attached hydrogens (primary N) is 2. The van der Waals surface area contributed by atoms with Gasteiger partial charge in [0, 0.05) is 10.6 Å². The van der Waals surface area contributed by atoms with Crippen LogP contribution in [0.4, 0.5) is 11.9 Å². The minimum atomic E-state index is 0.0879. The number of anilines is 2. The Morgan fingerprint density at radius 3 is 1.92 bits per heavy atom. The van der Waals surface area contributed by atoms with E-state index in [9.17, 15) is 0 Å². The Kier molecular flexibility index (Phi) is 4.22. The number of nitrogen functional groups attached to an aromatic ring is 2. The number of aromatic nitrogens is 3. The van der Waals surface area contributed by atoms with Crippen LogP contribution >= 0.6 is 11.6 Å². The van der Waals surface area contributed by atoms with E-state index in [2.05, 4.69) is 15.0 Å². The highest BCUT2D eigenvalue weighted by Gasteiger charge is 2.07. The van der Waals surface area contributed by atoms with Crippen molar-refractivity contribution >= 4 is 23.5 Å². The van der Waals surface area contributed by atoms with E-state index in [0.29, 0.717) is 11.6 Å². The molecule has 0 aliphatic carbocycles. The van der Waals surface area contributed by atoms with Crippen LogP contribution in [0.25, 0.3) is 11.4 Å². The molecule has 0 spiro atoms. The molecule has 1 aromatic heterocycles. The van der Waals surface area contributed by atoms with E-state index in [4.69, 9.17) is 27.8 Å². The Balaban J connectivity index is 1.84. The number of halogens is 1. The molecule has 0 saturated carbocycles. The largest absolute Gasteiger partial charge is 0.457 e. The number of nitrogens with zero attached hydrogens (tertiary/aromatic N) is 3. The van der Waals surface area contributed by atoms with Gasteiger partial charge in [-0.15, -0.1) is 0 Å². The predicted molar refractivity (Wildman–Crippen MR) is 95.1 cm³/mol. The maximum absolute atomic E-state index is 6.17. The van der Waals surface area contributed by atoms with Crippen LogP contribution < -0.4 is 16.2 Å². The zero-order valence-electron chi connectivity index (χ0n) is 13.2. The number of hydrogen-bond acceptors (Lipinski definition) is 6. The fraction of sp³-hybridized carbons (Fsp3) is 0.118. The second-order valence-corrected chi connectivity index (χ2v) is 5.75. The Bertz CT molecular complexity index is 853. The van der Waals surface area contributed by atoms with Gasteiger partial charge in [-0.2, -0.15) is 15.0 Å². The van der Waals surface area contributed by atoms with Crippen LogP contribution in [0.5, 0.6) is 11.5 Å². The molecule has 0 unspecified atom stereocenters. The molecule has 6 nitrogen and oxygen atoms in total. The van der Waals surface area contributed by atoms with Crippen molar-refractivity contribution in [1.29, 1.82) is 0 Å². The van der Waals surface area contributed by atoms with Crippen LogP contribution in [0.3, 0.4) is 0 Å². The third-order valence-electron chi connectivity index (χ3n) is 3.43. The van der Waals surface area contributed by atoms with Gasteiger partial charge in [-0.1, -0.05) is 11.6 Å². The third-order valence-corrected chi connectivity index (χ3v) is 4.02. The highest BCUT2D eigenvalue weighted by atomic mass is 35.5. The quantitative estimate of drug-likeness (QED) is 0.752. The van der Waals surface area contributed by atoms with Crippen molar-refractivity contribution in [2.45, 2.75) is 13.8 Å². The summed E-state index contributed by atoms with van der Waals surface area (Å²) in [7, 11) is 0. The molecular weight excluding hydrogens is 326 g/mol. The fourth-order valence-corrected chi connectivity index (χ4v) is 2.42. The number of rotatable bonds is 3. The Hall–Kier alpha value is -2.86. The van der Waals surface area contributed by atoms with E-state index in [1.54, 1.807) is 0 Å². The first-order valence-electron chi connectivity index (χ1n) is 7.24. The second kappa shape index (κ2) is 6.33. The monoisotopic (exact) mass is 341 g/mol. The predicted octanol–water partition coefficient (Wildman–Crippen LogP) is 3.77. The van der Waals surface area contributed by atoms with Crippen molar-refractivity contribution in [3.8, 4) is 22.9 Å². The van der Waals surface area contributed by atoms with E-state index in [-0.39, 0.29) is 11.9 Å². The molecule has 3 aromatic rings. The van der Waals surface area contributed by atoms with Gasteiger partial charge in [-0.3, -0.25) is 0 Å². The average Bonchev–Trinajstić information content (AvgIpc) is 2.52. The molecule has 0 amide bonds. The summed E-state index contributed by atoms with van der Waals surface area (Å²) in [5.74, 6) is 2.02. The summed E-state index contributed by atoms with van der Waals surface area (Å²) in [5.41, 5.74) is 13.9. The standard InChI is InChI=1S/C17H16ClN5O/c1-9-7-13(8-10(2)14(9)18)24-12-5-3-11(4-6-12)15-21-16(19)23-17(20)22-15/h3-8H,1-2H3,(H4,19,20,21,22,23). The fourth-order valence-electron chi connectivity index (χ4n) is 2.31. The Labute approximate surface area is 144 Å². The first-order valence-corrected chi connectivity index (χ1v) is 7.62. The summed E-state index contributed by atoms with van der Waals surface area (Å²) in [6.07, 6.45) is 0. The molecular formula is C17H16ClN5O. The van der Waals surface area contributed by atoms with Gasteiger partial charge in [0.05, 0.1) is 0 Å². The van der Waals surface area contributed by atoms with E-state index < -0.39 is 0 Å². The molecule has 1 heterocycles. The maximum atomic E-state index is 6.17. The summed E-state index contributed by atoms with van der Waals surface area (Å²) in [6.45, 7) is 3.89. The summed E-state index contributed by atoms with van der Waals surface area (Å²) in [6, 6.07) is 11.1. The molecule has 0 fully saturated rings. The van der Waals surface area contributed by atoms with E-state index >= 15 is 0 Å². The topological polar surface area (TPSA) is 99.9 Å². The SMILES string of the molecule is Cc1cc(Oc2ccc(-c3nc(N)nc(N)n3)cc2)cc(C)c1Cl. The molecule has 0 aliphatic heterocycles. The summed E-state index contributed by atoms with van der Waals surface area (Å²) >= 11 is 6.17. The number of ether oxygens (including phenoxy) is 1. The average molecular weight is 342 g/mol. The van der Waals surface area contributed by atoms with Gasteiger partial charge >= 0.3 is 0 Å². The van der Waals surface area contributed by atoms with Gasteiger partial charge in [0.1, 0.15) is 11.5 Å². The molecule has 0 bridgehead atoms. The maximum Gasteiger partial charge on any atom is 0.225 e. The lowest BCUT2D eigenvalue weighted by atomic mass is 10.1. The molecule has 0 radical (unpaired) electrons. The lowest BCUT2D eigenvalue weighted by molar-refractivity contribution is 0.482. The number of aryl methyl sites for hydroxylation is 2. The Morgan fingerprint density at radius 1 is 0.833 bits per heavy atom. The van der Waals surface area contributed by atoms with Gasteiger partial charge in [0.25, 0.3) is 0 Å². The van der Waals surface area contributed by atoms with Crippen LogP contribution in [0.15, 0.2) is 36.4 Å². The summed E-state index contributed by atoms with van der Waals surface area (Å²) < 4.78 is 5.87. The van der Waals surface area contributed by atoms with Crippen molar-refractivity contribution in [2.24, 2.45) is 0 Å². The van der Waals surface area contributed by atoms with E-state index in [1.165, 1.54) is 0 Å². The number of hydrogen-bond donors (Lipinski definition) is 2. The summed E-state index contributed by atoms with van der Waals surface area (Å²) in [5, 5.41) is 0.753. The Morgan fingerprint density at radius 2 is 1.38 bits per heavy atom. The zero-order chi connectivity index (χ0) is 17.3. The molecule has 7 heteroatoms. The van der Waals surface area contributed by atoms with Crippen LogP contribution in [0.2, 0.25) is 5.02 Å². The second-order valence-electron chi connectivity index (χ2n) is 5.37. The third kappa shape index (κ3) is 3.38. The van der Waals surface area contributed by atoms with Crippen molar-refractivity contribution in [3.05, 3.63) is 52.5 Å². The van der Waals surface area contributed by atoms with Crippen LogP contribution in [0, 0.1) is 13.8 Å². The number of benzene rings is 2. The molecule has 4 N–H and O–H groups in total. The lowest BCUT2D eigenvalue weighted by Crippen LogP contribution is -2.04. The van der Waals surface area contributed by atoms with Crippen molar-refractivity contribution < 1.29 is 4.74 Å². The first kappa shape index (κ1) is 16.0. The van der Waals surface area contributed by atoms with Crippen LogP contribution in [-0.2, 0) is 0 Å². The van der Waals surface area contributed by atoms with Gasteiger partial charge in [0.2, 0.25) is 11.9 Å². The van der Waals surface area contributed by atoms with Crippen molar-refractivity contribution in [1.82, 2.24) is 15.0 Å². The zero-order valence-corrected chi connectivity index (χ0v) is 14.0. The first-order chi connectivity index (χ1) is 11.4. The van der Waals surface area contributed by atoms with Gasteiger partial charge in [0.15, 0.2) is 5.82 Å². The normalized spacial score (nSPS) is 10.6. The van der Waals surface area contributed by atoms with E-state index in [1.807, 2.05) is 50.2 Å². The van der Waals surface area contributed by atoms with Gasteiger partial charge in [-0.05, 0) is 61.4 Å². The molecule has 3 rings (SSSR count). The molecule has 0 atom stereocenters. The molecule has 2 aromatic carbocycles. The van der Waals surface area contributed by atoms with Crippen molar-refractivity contribution in [2.75, 3.05) is 11.5 Å². The minimum absolute atomic E-state index is 0.0879. The molecule has 0 aliphatic rings. The molecule has 24 heavy (non-hydrogen) atoms. The van der Waals surface area contributed by atoms with Crippen molar-refractivity contribution in [3.63, 3.8) is 0 Å². The summed E-state index contributed by atoms with van der Waals surface area (Å²) in [4.78, 5) is 11.9. The highest BCUT2D eigenvalue weighted by Crippen LogP contribution is 2.30. The minimum Gasteiger partial charge on any atom is -0.457 e. The molecule has 122 valence electrons.